The Morgan fingerprint density at radius 1 is 1.06 bits per heavy atom. The molecule has 0 unspecified atom stereocenters. The molecule has 1 heteroatoms. The van der Waals surface area contributed by atoms with Crippen LogP contribution in [-0.4, -0.2) is 5.71 Å². The molecular weight excluding hydrogens is 218 g/mol. The lowest BCUT2D eigenvalue weighted by Crippen LogP contribution is -2.34. The summed E-state index contributed by atoms with van der Waals surface area (Å²) in [7, 11) is 0. The quantitative estimate of drug-likeness (QED) is 0.720. The third kappa shape index (κ3) is 2.11. The zero-order chi connectivity index (χ0) is 13.6. The molecule has 0 amide bonds. The average molecular weight is 243 g/mol. The van der Waals surface area contributed by atoms with Crippen molar-refractivity contribution in [1.29, 1.82) is 5.41 Å². The molecule has 0 heterocycles. The number of hydrogen-bond acceptors (Lipinski definition) is 1. The minimum absolute atomic E-state index is 0.245. The molecule has 0 fully saturated rings. The monoisotopic (exact) mass is 243 g/mol. The van der Waals surface area contributed by atoms with Crippen molar-refractivity contribution >= 4 is 5.71 Å². The predicted molar refractivity (Wildman–Crippen MR) is 78.8 cm³/mol. The van der Waals surface area contributed by atoms with Crippen molar-refractivity contribution in [1.82, 2.24) is 0 Å². The summed E-state index contributed by atoms with van der Waals surface area (Å²) in [5.74, 6) is 0. The van der Waals surface area contributed by atoms with Crippen molar-refractivity contribution in [2.45, 2.75) is 64.7 Å². The zero-order valence-electron chi connectivity index (χ0n) is 12.4. The Morgan fingerprint density at radius 3 is 2.17 bits per heavy atom. The smallest absolute Gasteiger partial charge is 0.0383 e. The highest BCUT2D eigenvalue weighted by atomic mass is 14.4. The Labute approximate surface area is 111 Å². The lowest BCUT2D eigenvalue weighted by molar-refractivity contribution is 0.332. The topological polar surface area (TPSA) is 23.9 Å². The summed E-state index contributed by atoms with van der Waals surface area (Å²) in [5, 5.41) is 8.02. The molecule has 0 saturated carbocycles. The van der Waals surface area contributed by atoms with E-state index in [9.17, 15) is 0 Å². The predicted octanol–water partition coefficient (Wildman–Crippen LogP) is 4.81. The first-order valence-electron chi connectivity index (χ1n) is 7.01. The minimum Gasteiger partial charge on any atom is -0.305 e. The molecule has 0 bridgehead atoms. The Morgan fingerprint density at radius 2 is 1.61 bits per heavy atom. The first kappa shape index (κ1) is 13.3. The van der Waals surface area contributed by atoms with E-state index in [2.05, 4.69) is 52.8 Å². The number of fused-ring (bicyclic) bond motifs is 1. The zero-order valence-corrected chi connectivity index (χ0v) is 12.4. The molecule has 0 saturated heterocycles. The maximum Gasteiger partial charge on any atom is 0.0383 e. The fraction of sp³-hybridized carbons (Fsp3) is 0.588. The molecule has 1 aliphatic rings. The van der Waals surface area contributed by atoms with Crippen LogP contribution < -0.4 is 0 Å². The molecule has 1 aromatic carbocycles. The van der Waals surface area contributed by atoms with Gasteiger partial charge in [-0.25, -0.2) is 0 Å². The van der Waals surface area contributed by atoms with E-state index in [1.807, 2.05) is 0 Å². The Hall–Kier alpha value is -1.11. The van der Waals surface area contributed by atoms with Gasteiger partial charge in [0.2, 0.25) is 0 Å². The lowest BCUT2D eigenvalue weighted by Gasteiger charge is -2.42. The van der Waals surface area contributed by atoms with Gasteiger partial charge in [-0.15, -0.1) is 0 Å². The van der Waals surface area contributed by atoms with Gasteiger partial charge in [0.05, 0.1) is 0 Å². The number of rotatable bonds is 2. The van der Waals surface area contributed by atoms with Crippen LogP contribution in [0, 0.1) is 5.41 Å². The standard InChI is InChI=1S/C17H25N/c1-6-15(18)12-7-8-13-14(11-12)17(4,5)10-9-16(13,2)3/h7-8,11,18H,6,9-10H2,1-5H3. The lowest BCUT2D eigenvalue weighted by atomic mass is 9.63. The molecule has 0 radical (unpaired) electrons. The first-order valence-corrected chi connectivity index (χ1v) is 7.01. The van der Waals surface area contributed by atoms with Gasteiger partial charge in [-0.2, -0.15) is 0 Å². The fourth-order valence-corrected chi connectivity index (χ4v) is 2.98. The van der Waals surface area contributed by atoms with Gasteiger partial charge >= 0.3 is 0 Å². The fourth-order valence-electron chi connectivity index (χ4n) is 2.98. The van der Waals surface area contributed by atoms with Gasteiger partial charge in [0, 0.05) is 5.71 Å². The van der Waals surface area contributed by atoms with Gasteiger partial charge < -0.3 is 5.41 Å². The minimum atomic E-state index is 0.245. The molecule has 0 atom stereocenters. The van der Waals surface area contributed by atoms with Crippen LogP contribution in [0.25, 0.3) is 0 Å². The van der Waals surface area contributed by atoms with Crippen LogP contribution in [-0.2, 0) is 10.8 Å². The van der Waals surface area contributed by atoms with Gasteiger partial charge in [0.25, 0.3) is 0 Å². The van der Waals surface area contributed by atoms with Crippen LogP contribution in [0.4, 0.5) is 0 Å². The van der Waals surface area contributed by atoms with Crippen LogP contribution >= 0.6 is 0 Å². The largest absolute Gasteiger partial charge is 0.305 e. The van der Waals surface area contributed by atoms with E-state index in [1.54, 1.807) is 0 Å². The molecule has 2 rings (SSSR count). The maximum absolute atomic E-state index is 8.02. The van der Waals surface area contributed by atoms with E-state index in [1.165, 1.54) is 24.0 Å². The summed E-state index contributed by atoms with van der Waals surface area (Å²) in [4.78, 5) is 0. The van der Waals surface area contributed by atoms with E-state index in [0.29, 0.717) is 0 Å². The molecule has 0 aromatic heterocycles. The van der Waals surface area contributed by atoms with Crippen molar-refractivity contribution in [2.75, 3.05) is 0 Å². The second kappa shape index (κ2) is 4.22. The molecule has 1 aliphatic carbocycles. The average Bonchev–Trinajstić information content (AvgIpc) is 2.34. The first-order chi connectivity index (χ1) is 8.28. The SMILES string of the molecule is CCC(=N)c1ccc2c(c1)C(C)(C)CCC2(C)C. The van der Waals surface area contributed by atoms with E-state index >= 15 is 0 Å². The Bertz CT molecular complexity index is 480. The summed E-state index contributed by atoms with van der Waals surface area (Å²) in [6.07, 6.45) is 3.29. The van der Waals surface area contributed by atoms with E-state index in [4.69, 9.17) is 5.41 Å². The highest BCUT2D eigenvalue weighted by Gasteiger charge is 2.36. The second-order valence-corrected chi connectivity index (χ2v) is 6.86. The molecule has 18 heavy (non-hydrogen) atoms. The van der Waals surface area contributed by atoms with Crippen molar-refractivity contribution < 1.29 is 0 Å². The molecule has 0 spiro atoms. The van der Waals surface area contributed by atoms with Gasteiger partial charge in [0.15, 0.2) is 0 Å². The summed E-state index contributed by atoms with van der Waals surface area (Å²) in [6, 6.07) is 6.66. The highest BCUT2D eigenvalue weighted by Crippen LogP contribution is 2.45. The normalized spacial score (nSPS) is 20.3. The summed E-state index contributed by atoms with van der Waals surface area (Å²) in [5.41, 5.74) is 5.30. The van der Waals surface area contributed by atoms with Gasteiger partial charge in [-0.3, -0.25) is 0 Å². The van der Waals surface area contributed by atoms with Crippen molar-refractivity contribution in [2.24, 2.45) is 0 Å². The van der Waals surface area contributed by atoms with Crippen LogP contribution in [0.2, 0.25) is 0 Å². The molecule has 98 valence electrons. The Balaban J connectivity index is 2.58. The van der Waals surface area contributed by atoms with Crippen molar-refractivity contribution in [3.05, 3.63) is 34.9 Å². The van der Waals surface area contributed by atoms with Crippen LogP contribution in [0.3, 0.4) is 0 Å². The molecule has 1 nitrogen and oxygen atoms in total. The third-order valence-electron chi connectivity index (χ3n) is 4.55. The molecule has 1 N–H and O–H groups in total. The van der Waals surface area contributed by atoms with Crippen LogP contribution in [0.1, 0.15) is 70.6 Å². The van der Waals surface area contributed by atoms with Crippen LogP contribution in [0.5, 0.6) is 0 Å². The number of benzene rings is 1. The molecule has 1 aromatic rings. The maximum atomic E-state index is 8.02. The summed E-state index contributed by atoms with van der Waals surface area (Å²) >= 11 is 0. The second-order valence-electron chi connectivity index (χ2n) is 6.86. The third-order valence-corrected chi connectivity index (χ3v) is 4.55. The Kier molecular flexibility index (Phi) is 3.12. The number of hydrogen-bond donors (Lipinski definition) is 1. The van der Waals surface area contributed by atoms with Crippen molar-refractivity contribution in [3.63, 3.8) is 0 Å². The van der Waals surface area contributed by atoms with Crippen molar-refractivity contribution in [3.8, 4) is 0 Å². The van der Waals surface area contributed by atoms with E-state index in [0.717, 1.165) is 17.7 Å². The van der Waals surface area contributed by atoms with Crippen LogP contribution in [0.15, 0.2) is 18.2 Å². The van der Waals surface area contributed by atoms with Gasteiger partial charge in [-0.1, -0.05) is 46.8 Å². The van der Waals surface area contributed by atoms with Gasteiger partial charge in [-0.05, 0) is 52.8 Å². The molecular formula is C17H25N. The highest BCUT2D eigenvalue weighted by molar-refractivity contribution is 5.98. The van der Waals surface area contributed by atoms with E-state index in [-0.39, 0.29) is 10.8 Å². The number of nitrogens with one attached hydrogen (secondary N) is 1. The van der Waals surface area contributed by atoms with Gasteiger partial charge in [0.1, 0.15) is 0 Å². The molecule has 0 aliphatic heterocycles. The summed E-state index contributed by atoms with van der Waals surface area (Å²) < 4.78 is 0. The van der Waals surface area contributed by atoms with E-state index < -0.39 is 0 Å². The summed E-state index contributed by atoms with van der Waals surface area (Å²) in [6.45, 7) is 11.4.